The van der Waals surface area contributed by atoms with E-state index in [0.29, 0.717) is 57.8 Å². The van der Waals surface area contributed by atoms with E-state index >= 15 is 0 Å². The highest BCUT2D eigenvalue weighted by Gasteiger charge is 2.40. The number of thiazole rings is 1. The number of nitrogens with two attached hydrogens (primary N) is 1. The topological polar surface area (TPSA) is 168 Å². The first-order chi connectivity index (χ1) is 32.4. The molecule has 1 saturated carbocycles. The van der Waals surface area contributed by atoms with Gasteiger partial charge in [-0.25, -0.2) is 15.0 Å². The summed E-state index contributed by atoms with van der Waals surface area (Å²) < 4.78 is 25.7. The average Bonchev–Trinajstić information content (AvgIpc) is 4.14. The van der Waals surface area contributed by atoms with Gasteiger partial charge in [-0.1, -0.05) is 55.7 Å². The first-order valence-electron chi connectivity index (χ1n) is 23.1. The number of likely N-dealkylation sites (tertiary alicyclic amines) is 1. The molecule has 7 aromatic rings. The van der Waals surface area contributed by atoms with Gasteiger partial charge in [0.15, 0.2) is 0 Å². The van der Waals surface area contributed by atoms with Crippen molar-refractivity contribution in [3.05, 3.63) is 102 Å². The van der Waals surface area contributed by atoms with Crippen molar-refractivity contribution in [2.75, 3.05) is 59.0 Å². The maximum atomic E-state index is 14.3. The van der Waals surface area contributed by atoms with E-state index in [9.17, 15) is 9.59 Å². The molecule has 1 aliphatic heterocycles. The highest BCUT2D eigenvalue weighted by Crippen LogP contribution is 2.40. The predicted octanol–water partition coefficient (Wildman–Crippen LogP) is 8.26. The summed E-state index contributed by atoms with van der Waals surface area (Å²) in [5, 5.41) is 14.2. The van der Waals surface area contributed by atoms with Crippen LogP contribution in [0.5, 0.6) is 11.6 Å². The number of hydrogen-bond donors (Lipinski definition) is 3. The molecule has 4 N–H and O–H groups in total. The number of likely N-dealkylation sites (N-methyl/N-ethyl adjacent to an activating group) is 1. The number of nitrogens with one attached hydrogen (secondary N) is 2. The second-order valence-electron chi connectivity index (χ2n) is 17.1. The van der Waals surface area contributed by atoms with Crippen LogP contribution < -0.4 is 25.8 Å². The monoisotopic (exact) mass is 910 g/mol. The number of benzene rings is 3. The van der Waals surface area contributed by atoms with Gasteiger partial charge in [0.05, 0.1) is 55.9 Å². The van der Waals surface area contributed by atoms with Crippen molar-refractivity contribution in [2.24, 2.45) is 5.92 Å². The van der Waals surface area contributed by atoms with Crippen molar-refractivity contribution >= 4 is 61.3 Å². The Morgan fingerprint density at radius 2 is 1.61 bits per heavy atom. The Kier molecular flexibility index (Phi) is 14.3. The van der Waals surface area contributed by atoms with Gasteiger partial charge in [-0.05, 0) is 81.3 Å². The lowest BCUT2D eigenvalue weighted by Crippen LogP contribution is -2.55. The third kappa shape index (κ3) is 9.99. The van der Waals surface area contributed by atoms with Crippen molar-refractivity contribution in [3.63, 3.8) is 0 Å². The Morgan fingerprint density at radius 3 is 2.42 bits per heavy atom. The Balaban J connectivity index is 0.734. The van der Waals surface area contributed by atoms with E-state index < -0.39 is 6.04 Å². The molecule has 66 heavy (non-hydrogen) atoms. The molecule has 1 saturated heterocycles. The number of ether oxygens (including phenoxy) is 4. The summed E-state index contributed by atoms with van der Waals surface area (Å²) in [5.41, 5.74) is 9.74. The van der Waals surface area contributed by atoms with Crippen molar-refractivity contribution in [1.82, 2.24) is 35.1 Å². The number of nitrogens with zero attached hydrogens (tertiary/aromatic N) is 5. The highest BCUT2D eigenvalue weighted by atomic mass is 32.1. The maximum Gasteiger partial charge on any atom is 0.246 e. The lowest BCUT2D eigenvalue weighted by atomic mass is 9.83. The predicted molar refractivity (Wildman–Crippen MR) is 259 cm³/mol. The lowest BCUT2D eigenvalue weighted by molar-refractivity contribution is -0.139. The molecular formula is C51H58N8O6S. The quantitative estimate of drug-likeness (QED) is 0.0528. The number of anilines is 1. The number of nitrogen functional groups attached to an aromatic ring is 1. The summed E-state index contributed by atoms with van der Waals surface area (Å²) in [5.74, 6) is 2.10. The maximum absolute atomic E-state index is 14.3. The Labute approximate surface area is 388 Å². The number of pyridine rings is 2. The van der Waals surface area contributed by atoms with Crippen molar-refractivity contribution < 1.29 is 28.5 Å². The van der Waals surface area contributed by atoms with Crippen LogP contribution in [0.1, 0.15) is 62.9 Å². The second-order valence-corrected chi connectivity index (χ2v) is 18.0. The normalized spacial score (nSPS) is 16.5. The number of aromatic nitrogens is 4. The summed E-state index contributed by atoms with van der Waals surface area (Å²) in [6.07, 6.45) is 12.6. The van der Waals surface area contributed by atoms with Crippen LogP contribution in [0, 0.1) is 5.92 Å². The molecule has 9 rings (SSSR count). The number of carbonyl (C=O) groups excluding carboxylic acids is 2. The smallest absolute Gasteiger partial charge is 0.246 e. The molecule has 0 bridgehead atoms. The van der Waals surface area contributed by atoms with Gasteiger partial charge in [0.25, 0.3) is 0 Å². The van der Waals surface area contributed by atoms with Gasteiger partial charge in [0.2, 0.25) is 17.7 Å². The molecule has 0 unspecified atom stereocenters. The van der Waals surface area contributed by atoms with Crippen molar-refractivity contribution in [3.8, 4) is 28.7 Å². The van der Waals surface area contributed by atoms with Gasteiger partial charge in [0, 0.05) is 63.2 Å². The van der Waals surface area contributed by atoms with Gasteiger partial charge in [-0.3, -0.25) is 14.2 Å². The molecular weight excluding hydrogens is 853 g/mol. The van der Waals surface area contributed by atoms with Gasteiger partial charge in [-0.2, -0.15) is 0 Å². The minimum Gasteiger partial charge on any atom is -0.491 e. The fraction of sp³-hybridized carbons (Fsp3) is 0.392. The van der Waals surface area contributed by atoms with Crippen LogP contribution in [0.4, 0.5) is 5.69 Å². The van der Waals surface area contributed by atoms with Gasteiger partial charge in [-0.15, -0.1) is 11.3 Å². The number of rotatable bonds is 19. The fourth-order valence-electron chi connectivity index (χ4n) is 9.25. The third-order valence-electron chi connectivity index (χ3n) is 12.9. The molecule has 2 amide bonds. The van der Waals surface area contributed by atoms with Crippen molar-refractivity contribution in [2.45, 2.75) is 70.0 Å². The summed E-state index contributed by atoms with van der Waals surface area (Å²) in [4.78, 5) is 43.7. The third-order valence-corrected chi connectivity index (χ3v) is 13.9. The highest BCUT2D eigenvalue weighted by molar-refractivity contribution is 7.10. The molecule has 0 radical (unpaired) electrons. The van der Waals surface area contributed by atoms with E-state index in [2.05, 4.69) is 44.2 Å². The lowest BCUT2D eigenvalue weighted by Gasteiger charge is -2.35. The average molecular weight is 911 g/mol. The van der Waals surface area contributed by atoms with E-state index in [4.69, 9.17) is 29.7 Å². The van der Waals surface area contributed by atoms with Gasteiger partial charge >= 0.3 is 0 Å². The van der Waals surface area contributed by atoms with Gasteiger partial charge < -0.3 is 40.2 Å². The Hall–Kier alpha value is -6.13. The SMILES string of the molecule is CN[C@@H](C)C(=O)N[C@H](C(=O)N1CCC[C@H]1c1nc(-c2ccc(OCCOCCOCCOc3cc4ccn(-c5cc6c(N)cccc6cn5)c4cn3)c3ccccc23)cs1)C1CCCCC1. The van der Waals surface area contributed by atoms with Crippen LogP contribution >= 0.6 is 11.3 Å². The molecule has 14 nitrogen and oxygen atoms in total. The van der Waals surface area contributed by atoms with Crippen LogP contribution in [0.25, 0.3) is 49.5 Å². The molecule has 5 heterocycles. The number of fused-ring (bicyclic) bond motifs is 3. The van der Waals surface area contributed by atoms with Crippen LogP contribution in [0.3, 0.4) is 0 Å². The molecule has 0 spiro atoms. The zero-order chi connectivity index (χ0) is 45.4. The molecule has 2 fully saturated rings. The van der Waals surface area contributed by atoms with Crippen LogP contribution in [0.2, 0.25) is 0 Å². The van der Waals surface area contributed by atoms with Crippen molar-refractivity contribution in [1.29, 1.82) is 0 Å². The zero-order valence-electron chi connectivity index (χ0n) is 37.6. The second kappa shape index (κ2) is 21.0. The van der Waals surface area contributed by atoms with E-state index in [-0.39, 0.29) is 29.8 Å². The molecule has 15 heteroatoms. The molecule has 2 aliphatic rings. The first kappa shape index (κ1) is 45.0. The zero-order valence-corrected chi connectivity index (χ0v) is 38.4. The largest absolute Gasteiger partial charge is 0.491 e. The number of carbonyl (C=O) groups is 2. The van der Waals surface area contributed by atoms with E-state index in [1.54, 1.807) is 24.6 Å². The van der Waals surface area contributed by atoms with Crippen LogP contribution in [0.15, 0.2) is 96.8 Å². The standard InChI is InChI=1S/C51H58N8O6S/c1-33(53-2)49(60)57-48(34-10-4-3-5-11-34)51(61)59-20-9-16-43(59)50-56-42(32-66-50)38-17-18-45(39-14-7-6-13-37(38)39)64-26-24-62-22-23-63-25-27-65-47-28-35-19-21-58(44(35)31-55-47)46-29-40-36(30-54-46)12-8-15-41(40)52/h6-8,12-15,17-19,21,28-34,43,48,53H,3-5,9-11,16,20,22-27,52H2,1-2H3,(H,57,60)/t33-,43-,48-/m0/s1. The summed E-state index contributed by atoms with van der Waals surface area (Å²) in [6.45, 7) is 4.89. The molecule has 3 atom stereocenters. The Morgan fingerprint density at radius 1 is 0.818 bits per heavy atom. The van der Waals surface area contributed by atoms with Crippen LogP contribution in [-0.4, -0.2) is 102 Å². The Bertz CT molecular complexity index is 2790. The minimum absolute atomic E-state index is 0.0186. The molecule has 344 valence electrons. The first-order valence-corrected chi connectivity index (χ1v) is 24.0. The molecule has 3 aromatic carbocycles. The number of hydrogen-bond acceptors (Lipinski definition) is 12. The summed E-state index contributed by atoms with van der Waals surface area (Å²) in [7, 11) is 1.76. The summed E-state index contributed by atoms with van der Waals surface area (Å²) >= 11 is 1.60. The van der Waals surface area contributed by atoms with E-state index in [1.165, 1.54) is 6.42 Å². The van der Waals surface area contributed by atoms with E-state index in [1.807, 2.05) is 83.4 Å². The molecule has 1 aliphatic carbocycles. The minimum atomic E-state index is -0.524. The summed E-state index contributed by atoms with van der Waals surface area (Å²) in [6, 6.07) is 23.0. The fourth-order valence-corrected chi connectivity index (χ4v) is 10.2. The van der Waals surface area contributed by atoms with Gasteiger partial charge in [0.1, 0.15) is 35.8 Å². The van der Waals surface area contributed by atoms with Crippen LogP contribution in [-0.2, 0) is 19.1 Å². The number of amides is 2. The molecule has 4 aromatic heterocycles. The van der Waals surface area contributed by atoms with E-state index in [0.717, 1.165) is 98.8 Å².